The third kappa shape index (κ3) is 4.03. The Hall–Kier alpha value is -1.71. The second-order valence-corrected chi connectivity index (χ2v) is 7.47. The van der Waals surface area contributed by atoms with Crippen LogP contribution in [0.25, 0.3) is 0 Å². The number of benzene rings is 1. The zero-order valence-electron chi connectivity index (χ0n) is 15.1. The quantitative estimate of drug-likeness (QED) is 0.910. The Morgan fingerprint density at radius 3 is 2.38 bits per heavy atom. The van der Waals surface area contributed by atoms with Crippen LogP contribution in [-0.2, 0) is 0 Å². The van der Waals surface area contributed by atoms with E-state index in [2.05, 4.69) is 48.3 Å². The van der Waals surface area contributed by atoms with E-state index in [0.717, 1.165) is 39.0 Å². The summed E-state index contributed by atoms with van der Waals surface area (Å²) in [6.45, 7) is 7.94. The highest BCUT2D eigenvalue weighted by atomic mass is 16.2. The maximum Gasteiger partial charge on any atom is 0.317 e. The van der Waals surface area contributed by atoms with Gasteiger partial charge in [0.15, 0.2) is 0 Å². The molecule has 132 valence electrons. The van der Waals surface area contributed by atoms with Gasteiger partial charge in [0.05, 0.1) is 0 Å². The molecule has 1 saturated heterocycles. The third-order valence-corrected chi connectivity index (χ3v) is 5.40. The lowest BCUT2D eigenvalue weighted by Crippen LogP contribution is -2.53. The van der Waals surface area contributed by atoms with Crippen molar-refractivity contribution in [3.63, 3.8) is 0 Å². The van der Waals surface area contributed by atoms with Crippen molar-refractivity contribution in [2.24, 2.45) is 0 Å². The molecule has 0 radical (unpaired) electrons. The fraction of sp³-hybridized carbons (Fsp3) is 0.650. The second kappa shape index (κ2) is 7.91. The van der Waals surface area contributed by atoms with E-state index in [1.807, 2.05) is 4.90 Å². The monoisotopic (exact) mass is 329 g/mol. The lowest BCUT2D eigenvalue weighted by atomic mass is 9.96. The molecule has 1 N–H and O–H groups in total. The van der Waals surface area contributed by atoms with Crippen LogP contribution >= 0.6 is 0 Å². The van der Waals surface area contributed by atoms with Gasteiger partial charge in [-0.15, -0.1) is 0 Å². The molecule has 2 fully saturated rings. The molecule has 2 amide bonds. The van der Waals surface area contributed by atoms with E-state index in [1.165, 1.54) is 30.5 Å². The molecule has 1 aromatic carbocycles. The van der Waals surface area contributed by atoms with Gasteiger partial charge in [-0.25, -0.2) is 4.79 Å². The summed E-state index contributed by atoms with van der Waals surface area (Å²) in [6.07, 6.45) is 6.12. The van der Waals surface area contributed by atoms with Crippen LogP contribution in [0.3, 0.4) is 0 Å². The van der Waals surface area contributed by atoms with Gasteiger partial charge in [0.2, 0.25) is 0 Å². The van der Waals surface area contributed by atoms with Crippen molar-refractivity contribution in [1.82, 2.24) is 10.2 Å². The summed E-state index contributed by atoms with van der Waals surface area (Å²) in [5.41, 5.74) is 2.73. The molecular formula is C20H31N3O. The Kier molecular flexibility index (Phi) is 5.64. The van der Waals surface area contributed by atoms with E-state index in [4.69, 9.17) is 0 Å². The molecule has 1 aliphatic carbocycles. The summed E-state index contributed by atoms with van der Waals surface area (Å²) < 4.78 is 0. The topological polar surface area (TPSA) is 35.6 Å². The first-order valence-electron chi connectivity index (χ1n) is 9.54. The fourth-order valence-corrected chi connectivity index (χ4v) is 3.93. The number of anilines is 1. The Morgan fingerprint density at radius 1 is 1.04 bits per heavy atom. The summed E-state index contributed by atoms with van der Waals surface area (Å²) >= 11 is 0. The van der Waals surface area contributed by atoms with Gasteiger partial charge in [0.25, 0.3) is 0 Å². The molecule has 0 aromatic heterocycles. The third-order valence-electron chi connectivity index (χ3n) is 5.40. The Morgan fingerprint density at radius 2 is 1.71 bits per heavy atom. The van der Waals surface area contributed by atoms with E-state index in [1.54, 1.807) is 0 Å². The number of piperazine rings is 1. The van der Waals surface area contributed by atoms with Crippen molar-refractivity contribution >= 4 is 11.7 Å². The molecule has 2 aliphatic rings. The molecule has 0 bridgehead atoms. The van der Waals surface area contributed by atoms with Crippen molar-refractivity contribution in [3.05, 3.63) is 29.8 Å². The number of nitrogens with one attached hydrogen (secondary N) is 1. The summed E-state index contributed by atoms with van der Waals surface area (Å²) in [5, 5.41) is 3.24. The van der Waals surface area contributed by atoms with Crippen LogP contribution in [0.15, 0.2) is 24.3 Å². The highest BCUT2D eigenvalue weighted by Gasteiger charge is 2.25. The van der Waals surface area contributed by atoms with Crippen LogP contribution in [0.4, 0.5) is 10.5 Å². The number of hydrogen-bond donors (Lipinski definition) is 1. The smallest absolute Gasteiger partial charge is 0.317 e. The molecule has 1 aromatic rings. The number of urea groups is 1. The van der Waals surface area contributed by atoms with Crippen molar-refractivity contribution in [3.8, 4) is 0 Å². The lowest BCUT2D eigenvalue weighted by molar-refractivity contribution is 0.186. The van der Waals surface area contributed by atoms with E-state index in [9.17, 15) is 4.79 Å². The number of rotatable bonds is 3. The molecule has 3 rings (SSSR count). The minimum Gasteiger partial charge on any atom is -0.368 e. The molecule has 24 heavy (non-hydrogen) atoms. The largest absolute Gasteiger partial charge is 0.368 e. The van der Waals surface area contributed by atoms with Gasteiger partial charge in [-0.2, -0.15) is 0 Å². The van der Waals surface area contributed by atoms with Gasteiger partial charge in [-0.3, -0.25) is 0 Å². The van der Waals surface area contributed by atoms with Crippen LogP contribution in [0.2, 0.25) is 0 Å². The molecule has 1 aliphatic heterocycles. The predicted octanol–water partition coefficient (Wildman–Crippen LogP) is 3.97. The second-order valence-electron chi connectivity index (χ2n) is 7.47. The number of nitrogens with zero attached hydrogens (tertiary/aromatic N) is 2. The van der Waals surface area contributed by atoms with E-state index in [-0.39, 0.29) is 6.03 Å². The molecule has 0 spiro atoms. The standard InChI is InChI=1S/C20H31N3O/c1-16(2)18-10-6-7-11-19(18)22-12-14-23(15-13-22)20(24)21-17-8-4-3-5-9-17/h6-7,10-11,16-17H,3-5,8-9,12-15H2,1-2H3,(H,21,24). The maximum absolute atomic E-state index is 12.5. The molecule has 4 heteroatoms. The van der Waals surface area contributed by atoms with Crippen molar-refractivity contribution in [2.75, 3.05) is 31.1 Å². The first kappa shape index (κ1) is 17.1. The predicted molar refractivity (Wildman–Crippen MR) is 99.7 cm³/mol. The molecular weight excluding hydrogens is 298 g/mol. The van der Waals surface area contributed by atoms with Gasteiger partial charge < -0.3 is 15.1 Å². The van der Waals surface area contributed by atoms with Crippen LogP contribution in [0.1, 0.15) is 57.4 Å². The van der Waals surface area contributed by atoms with Gasteiger partial charge in [0, 0.05) is 37.9 Å². The maximum atomic E-state index is 12.5. The van der Waals surface area contributed by atoms with Crippen molar-refractivity contribution < 1.29 is 4.79 Å². The van der Waals surface area contributed by atoms with Crippen LogP contribution in [0.5, 0.6) is 0 Å². The number of amides is 2. The fourth-order valence-electron chi connectivity index (χ4n) is 3.93. The average Bonchev–Trinajstić information content (AvgIpc) is 2.62. The van der Waals surface area contributed by atoms with Crippen molar-refractivity contribution in [1.29, 1.82) is 0 Å². The first-order valence-corrected chi connectivity index (χ1v) is 9.54. The van der Waals surface area contributed by atoms with E-state index in [0.29, 0.717) is 12.0 Å². The minimum absolute atomic E-state index is 0.138. The minimum atomic E-state index is 0.138. The van der Waals surface area contributed by atoms with Crippen LogP contribution in [-0.4, -0.2) is 43.2 Å². The van der Waals surface area contributed by atoms with Crippen LogP contribution < -0.4 is 10.2 Å². The van der Waals surface area contributed by atoms with E-state index < -0.39 is 0 Å². The highest BCUT2D eigenvalue weighted by molar-refractivity contribution is 5.75. The number of hydrogen-bond acceptors (Lipinski definition) is 2. The Balaban J connectivity index is 1.55. The first-order chi connectivity index (χ1) is 11.6. The Bertz CT molecular complexity index is 544. The zero-order chi connectivity index (χ0) is 16.9. The molecule has 0 atom stereocenters. The summed E-state index contributed by atoms with van der Waals surface area (Å²) in [4.78, 5) is 16.9. The van der Waals surface area contributed by atoms with Gasteiger partial charge in [0.1, 0.15) is 0 Å². The molecule has 1 saturated carbocycles. The lowest BCUT2D eigenvalue weighted by Gasteiger charge is -2.38. The zero-order valence-corrected chi connectivity index (χ0v) is 15.1. The average molecular weight is 329 g/mol. The number of para-hydroxylation sites is 1. The SMILES string of the molecule is CC(C)c1ccccc1N1CCN(C(=O)NC2CCCCC2)CC1. The van der Waals surface area contributed by atoms with Gasteiger partial charge in [-0.05, 0) is 30.4 Å². The van der Waals surface area contributed by atoms with Crippen molar-refractivity contribution in [2.45, 2.75) is 57.9 Å². The summed E-state index contributed by atoms with van der Waals surface area (Å²) in [7, 11) is 0. The van der Waals surface area contributed by atoms with Crippen LogP contribution in [0, 0.1) is 0 Å². The molecule has 0 unspecified atom stereocenters. The number of carbonyl (C=O) groups is 1. The number of carbonyl (C=O) groups excluding carboxylic acids is 1. The van der Waals surface area contributed by atoms with Gasteiger partial charge in [-0.1, -0.05) is 51.3 Å². The van der Waals surface area contributed by atoms with E-state index >= 15 is 0 Å². The molecule has 4 nitrogen and oxygen atoms in total. The summed E-state index contributed by atoms with van der Waals surface area (Å²) in [6, 6.07) is 9.20. The van der Waals surface area contributed by atoms with Gasteiger partial charge >= 0.3 is 6.03 Å². The normalized spacial score (nSPS) is 19.6. The summed E-state index contributed by atoms with van der Waals surface area (Å²) in [5.74, 6) is 0.522. The molecule has 1 heterocycles. The highest BCUT2D eigenvalue weighted by Crippen LogP contribution is 2.28. The Labute approximate surface area is 146 Å².